The van der Waals surface area contributed by atoms with Crippen LogP contribution in [0, 0.1) is 0 Å². The van der Waals surface area contributed by atoms with Crippen LogP contribution in [0.4, 0.5) is 0 Å². The second kappa shape index (κ2) is 3.96. The van der Waals surface area contributed by atoms with E-state index in [0.29, 0.717) is 0 Å². The smallest absolute Gasteiger partial charge is 0.128 e. The number of rotatable bonds is 2. The van der Waals surface area contributed by atoms with Gasteiger partial charge in [0.1, 0.15) is 5.82 Å². The predicted octanol–water partition coefficient (Wildman–Crippen LogP) is 2.10. The number of pyridine rings is 1. The van der Waals surface area contributed by atoms with Gasteiger partial charge in [0.2, 0.25) is 0 Å². The third-order valence-corrected chi connectivity index (χ3v) is 1.95. The van der Waals surface area contributed by atoms with Gasteiger partial charge < -0.3 is 0 Å². The maximum Gasteiger partial charge on any atom is 0.128 e. The second-order valence-corrected chi connectivity index (χ2v) is 2.93. The lowest BCUT2D eigenvalue weighted by Gasteiger charge is -2.00. The van der Waals surface area contributed by atoms with Crippen LogP contribution in [0.15, 0.2) is 36.7 Å². The molecule has 0 bridgehead atoms. The van der Waals surface area contributed by atoms with Gasteiger partial charge in [-0.1, -0.05) is 13.0 Å². The van der Waals surface area contributed by atoms with Gasteiger partial charge in [-0.15, -0.1) is 0 Å². The van der Waals surface area contributed by atoms with Gasteiger partial charge >= 0.3 is 0 Å². The minimum absolute atomic E-state index is 0.848. The zero-order valence-corrected chi connectivity index (χ0v) is 8.01. The monoisotopic (exact) mass is 185 g/mol. The molecule has 0 radical (unpaired) electrons. The van der Waals surface area contributed by atoms with E-state index in [1.165, 1.54) is 0 Å². The maximum atomic E-state index is 4.39. The van der Waals surface area contributed by atoms with Crippen LogP contribution in [0.5, 0.6) is 0 Å². The molecule has 0 N–H and O–H groups in total. The fraction of sp³-hybridized carbons (Fsp3) is 0.182. The molecule has 0 amide bonds. The molecule has 0 aliphatic carbocycles. The van der Waals surface area contributed by atoms with Crippen LogP contribution in [0.2, 0.25) is 0 Å². The van der Waals surface area contributed by atoms with E-state index >= 15 is 0 Å². The lowest BCUT2D eigenvalue weighted by atomic mass is 10.2. The normalized spacial score (nSPS) is 10.1. The number of aryl methyl sites for hydroxylation is 1. The van der Waals surface area contributed by atoms with E-state index in [4.69, 9.17) is 0 Å². The molecule has 0 aliphatic heterocycles. The molecule has 0 aromatic carbocycles. The van der Waals surface area contributed by atoms with Crippen molar-refractivity contribution in [1.29, 1.82) is 0 Å². The highest BCUT2D eigenvalue weighted by atomic mass is 14.9. The number of nitrogens with zero attached hydrogens (tertiary/aromatic N) is 3. The van der Waals surface area contributed by atoms with Gasteiger partial charge in [0.05, 0.1) is 11.4 Å². The Balaban J connectivity index is 2.42. The first-order valence-corrected chi connectivity index (χ1v) is 4.63. The van der Waals surface area contributed by atoms with Crippen molar-refractivity contribution < 1.29 is 0 Å². The van der Waals surface area contributed by atoms with Crippen LogP contribution in [0.3, 0.4) is 0 Å². The summed E-state index contributed by atoms with van der Waals surface area (Å²) in [6, 6.07) is 7.67. The number of hydrogen-bond donors (Lipinski definition) is 0. The molecule has 2 aromatic heterocycles. The van der Waals surface area contributed by atoms with Crippen LogP contribution in [-0.4, -0.2) is 15.0 Å². The average molecular weight is 185 g/mol. The van der Waals surface area contributed by atoms with Crippen molar-refractivity contribution in [1.82, 2.24) is 15.0 Å². The van der Waals surface area contributed by atoms with Gasteiger partial charge in [-0.2, -0.15) is 0 Å². The molecule has 0 unspecified atom stereocenters. The van der Waals surface area contributed by atoms with Crippen molar-refractivity contribution in [3.63, 3.8) is 0 Å². The van der Waals surface area contributed by atoms with Gasteiger partial charge in [0.25, 0.3) is 0 Å². The summed E-state index contributed by atoms with van der Waals surface area (Å²) in [7, 11) is 0. The first-order valence-electron chi connectivity index (χ1n) is 4.63. The molecule has 0 spiro atoms. The molecule has 2 aromatic rings. The summed E-state index contributed by atoms with van der Waals surface area (Å²) in [5.41, 5.74) is 1.78. The minimum Gasteiger partial charge on any atom is -0.255 e. The first-order chi connectivity index (χ1) is 6.90. The molecule has 0 aliphatic rings. The lowest BCUT2D eigenvalue weighted by Crippen LogP contribution is -1.94. The van der Waals surface area contributed by atoms with E-state index in [1.54, 1.807) is 12.4 Å². The standard InChI is InChI=1S/C11H11N3/c1-2-11-13-8-6-10(14-11)9-5-3-4-7-12-9/h3-8H,2H2,1H3. The number of aromatic nitrogens is 3. The van der Waals surface area contributed by atoms with Crippen molar-refractivity contribution in [2.24, 2.45) is 0 Å². The van der Waals surface area contributed by atoms with Crippen LogP contribution in [0.25, 0.3) is 11.4 Å². The highest BCUT2D eigenvalue weighted by Crippen LogP contribution is 2.12. The Bertz CT molecular complexity index is 412. The topological polar surface area (TPSA) is 38.7 Å². The molecule has 0 fully saturated rings. The van der Waals surface area contributed by atoms with E-state index in [-0.39, 0.29) is 0 Å². The minimum atomic E-state index is 0.848. The number of hydrogen-bond acceptors (Lipinski definition) is 3. The van der Waals surface area contributed by atoms with Crippen molar-refractivity contribution in [2.75, 3.05) is 0 Å². The Morgan fingerprint density at radius 3 is 2.64 bits per heavy atom. The summed E-state index contributed by atoms with van der Waals surface area (Å²) in [6.45, 7) is 2.04. The Morgan fingerprint density at radius 1 is 1.00 bits per heavy atom. The Kier molecular flexibility index (Phi) is 2.49. The molecule has 3 nitrogen and oxygen atoms in total. The van der Waals surface area contributed by atoms with E-state index in [0.717, 1.165) is 23.6 Å². The quantitative estimate of drug-likeness (QED) is 0.719. The molecule has 0 saturated carbocycles. The van der Waals surface area contributed by atoms with Crippen molar-refractivity contribution >= 4 is 0 Å². The fourth-order valence-electron chi connectivity index (χ4n) is 1.23. The summed E-state index contributed by atoms with van der Waals surface area (Å²) in [4.78, 5) is 12.8. The summed E-state index contributed by atoms with van der Waals surface area (Å²) in [6.07, 6.45) is 4.39. The van der Waals surface area contributed by atoms with Crippen LogP contribution in [-0.2, 0) is 6.42 Å². The van der Waals surface area contributed by atoms with Crippen molar-refractivity contribution in [3.05, 3.63) is 42.5 Å². The summed E-state index contributed by atoms with van der Waals surface area (Å²) in [5, 5.41) is 0. The SMILES string of the molecule is CCc1nccc(-c2ccccn2)n1. The van der Waals surface area contributed by atoms with Crippen LogP contribution in [0.1, 0.15) is 12.7 Å². The Hall–Kier alpha value is -1.77. The highest BCUT2D eigenvalue weighted by molar-refractivity contribution is 5.52. The maximum absolute atomic E-state index is 4.39. The molecule has 14 heavy (non-hydrogen) atoms. The van der Waals surface area contributed by atoms with E-state index in [2.05, 4.69) is 15.0 Å². The highest BCUT2D eigenvalue weighted by Gasteiger charge is 2.00. The van der Waals surface area contributed by atoms with Crippen molar-refractivity contribution in [3.8, 4) is 11.4 Å². The molecule has 3 heteroatoms. The van der Waals surface area contributed by atoms with Crippen molar-refractivity contribution in [2.45, 2.75) is 13.3 Å². The van der Waals surface area contributed by atoms with E-state index < -0.39 is 0 Å². The van der Waals surface area contributed by atoms with Crippen LogP contribution < -0.4 is 0 Å². The molecular weight excluding hydrogens is 174 g/mol. The Morgan fingerprint density at radius 2 is 1.93 bits per heavy atom. The van der Waals surface area contributed by atoms with Gasteiger partial charge in [-0.05, 0) is 18.2 Å². The van der Waals surface area contributed by atoms with Gasteiger partial charge in [0.15, 0.2) is 0 Å². The van der Waals surface area contributed by atoms with E-state index in [1.807, 2.05) is 31.2 Å². The molecule has 70 valence electrons. The van der Waals surface area contributed by atoms with Gasteiger partial charge in [-0.3, -0.25) is 4.98 Å². The third-order valence-electron chi connectivity index (χ3n) is 1.95. The largest absolute Gasteiger partial charge is 0.255 e. The molecule has 2 heterocycles. The Labute approximate surface area is 82.9 Å². The van der Waals surface area contributed by atoms with Gasteiger partial charge in [0, 0.05) is 18.8 Å². The molecule has 2 rings (SSSR count). The zero-order valence-electron chi connectivity index (χ0n) is 8.01. The van der Waals surface area contributed by atoms with E-state index in [9.17, 15) is 0 Å². The molecule has 0 atom stereocenters. The first kappa shape index (κ1) is 8.81. The van der Waals surface area contributed by atoms with Crippen LogP contribution >= 0.6 is 0 Å². The lowest BCUT2D eigenvalue weighted by molar-refractivity contribution is 0.940. The molecule has 0 saturated heterocycles. The second-order valence-electron chi connectivity index (χ2n) is 2.93. The summed E-state index contributed by atoms with van der Waals surface area (Å²) in [5.74, 6) is 0.855. The predicted molar refractivity (Wildman–Crippen MR) is 54.6 cm³/mol. The summed E-state index contributed by atoms with van der Waals surface area (Å²) >= 11 is 0. The summed E-state index contributed by atoms with van der Waals surface area (Å²) < 4.78 is 0. The third kappa shape index (κ3) is 1.76. The fourth-order valence-corrected chi connectivity index (χ4v) is 1.23. The zero-order chi connectivity index (χ0) is 9.80. The molecular formula is C11H11N3. The van der Waals surface area contributed by atoms with Gasteiger partial charge in [-0.25, -0.2) is 9.97 Å². The average Bonchev–Trinajstić information content (AvgIpc) is 2.30.